The maximum absolute atomic E-state index is 13.5. The van der Waals surface area contributed by atoms with Gasteiger partial charge < -0.3 is 9.80 Å². The van der Waals surface area contributed by atoms with Crippen LogP contribution in [0, 0.1) is 5.82 Å². The highest BCUT2D eigenvalue weighted by molar-refractivity contribution is 5.78. The van der Waals surface area contributed by atoms with Crippen LogP contribution in [0.1, 0.15) is 22.7 Å². The summed E-state index contributed by atoms with van der Waals surface area (Å²) < 4.78 is 13.5. The molecule has 0 aromatic heterocycles. The van der Waals surface area contributed by atoms with Gasteiger partial charge in [-0.05, 0) is 48.0 Å². The molecule has 31 heavy (non-hydrogen) atoms. The van der Waals surface area contributed by atoms with Gasteiger partial charge in [-0.2, -0.15) is 0 Å². The summed E-state index contributed by atoms with van der Waals surface area (Å²) in [6, 6.07) is 24.5. The van der Waals surface area contributed by atoms with Gasteiger partial charge in [-0.1, -0.05) is 54.6 Å². The van der Waals surface area contributed by atoms with E-state index in [0.29, 0.717) is 6.54 Å². The highest BCUT2D eigenvalue weighted by Gasteiger charge is 2.22. The first-order chi connectivity index (χ1) is 14.8. The smallest absolute Gasteiger partial charge is 0.236 e. The van der Waals surface area contributed by atoms with Gasteiger partial charge in [0.2, 0.25) is 5.91 Å². The zero-order valence-electron chi connectivity index (χ0n) is 18.6. The Labute approximate surface area is 184 Å². The van der Waals surface area contributed by atoms with Crippen molar-refractivity contribution in [2.45, 2.75) is 12.6 Å². The molecule has 0 bridgehead atoms. The fraction of sp³-hybridized carbons (Fsp3) is 0.269. The molecule has 0 spiro atoms. The third-order valence-electron chi connectivity index (χ3n) is 5.42. The third kappa shape index (κ3) is 5.92. The molecular weight excluding hydrogens is 389 g/mol. The molecule has 3 aromatic carbocycles. The second kappa shape index (κ2) is 10.2. The minimum absolute atomic E-state index is 0.0298. The van der Waals surface area contributed by atoms with Crippen LogP contribution in [-0.4, -0.2) is 50.4 Å². The SMILES string of the molecule is CN(Cc1ccc(N(C)C)cc1)C(=O)CN(C)C(c1ccccc1)c1ccc(F)cc1. The van der Waals surface area contributed by atoms with Gasteiger partial charge >= 0.3 is 0 Å². The lowest BCUT2D eigenvalue weighted by Crippen LogP contribution is -2.38. The number of anilines is 1. The van der Waals surface area contributed by atoms with E-state index >= 15 is 0 Å². The predicted octanol–water partition coefficient (Wildman–Crippen LogP) is 4.57. The number of hydrogen-bond acceptors (Lipinski definition) is 3. The van der Waals surface area contributed by atoms with Gasteiger partial charge in [-0.3, -0.25) is 9.69 Å². The monoisotopic (exact) mass is 419 g/mol. The Balaban J connectivity index is 1.72. The van der Waals surface area contributed by atoms with Crippen molar-refractivity contribution < 1.29 is 9.18 Å². The van der Waals surface area contributed by atoms with Crippen molar-refractivity contribution in [1.29, 1.82) is 0 Å². The maximum atomic E-state index is 13.5. The van der Waals surface area contributed by atoms with Gasteiger partial charge in [0.15, 0.2) is 0 Å². The Morgan fingerprint density at radius 3 is 1.97 bits per heavy atom. The first-order valence-corrected chi connectivity index (χ1v) is 10.4. The van der Waals surface area contributed by atoms with Crippen molar-refractivity contribution in [3.05, 3.63) is 101 Å². The van der Waals surface area contributed by atoms with Crippen LogP contribution in [0.25, 0.3) is 0 Å². The van der Waals surface area contributed by atoms with Gasteiger partial charge in [0, 0.05) is 33.4 Å². The topological polar surface area (TPSA) is 26.8 Å². The summed E-state index contributed by atoms with van der Waals surface area (Å²) in [4.78, 5) is 18.8. The molecule has 0 radical (unpaired) electrons. The predicted molar refractivity (Wildman–Crippen MR) is 125 cm³/mol. The van der Waals surface area contributed by atoms with Crippen LogP contribution >= 0.6 is 0 Å². The normalized spacial score (nSPS) is 11.9. The zero-order chi connectivity index (χ0) is 22.4. The molecule has 0 heterocycles. The second-order valence-corrected chi connectivity index (χ2v) is 8.09. The molecule has 1 unspecified atom stereocenters. The fourth-order valence-electron chi connectivity index (χ4n) is 3.67. The van der Waals surface area contributed by atoms with Crippen LogP contribution in [0.5, 0.6) is 0 Å². The number of benzene rings is 3. The number of amides is 1. The van der Waals surface area contributed by atoms with E-state index in [9.17, 15) is 9.18 Å². The molecule has 5 heteroatoms. The molecule has 3 aromatic rings. The minimum atomic E-state index is -0.269. The van der Waals surface area contributed by atoms with E-state index in [1.807, 2.05) is 80.5 Å². The average molecular weight is 420 g/mol. The number of carbonyl (C=O) groups excluding carboxylic acids is 1. The summed E-state index contributed by atoms with van der Waals surface area (Å²) in [6.45, 7) is 0.802. The number of hydrogen-bond donors (Lipinski definition) is 0. The van der Waals surface area contributed by atoms with Gasteiger partial charge in [0.25, 0.3) is 0 Å². The van der Waals surface area contributed by atoms with E-state index in [2.05, 4.69) is 12.1 Å². The van der Waals surface area contributed by atoms with E-state index in [1.54, 1.807) is 17.0 Å². The number of carbonyl (C=O) groups is 1. The molecule has 0 aliphatic carbocycles. The van der Waals surface area contributed by atoms with E-state index < -0.39 is 0 Å². The van der Waals surface area contributed by atoms with Crippen molar-refractivity contribution in [2.75, 3.05) is 39.6 Å². The summed E-state index contributed by atoms with van der Waals surface area (Å²) in [5.41, 5.74) is 4.22. The molecular formula is C26H30FN3O. The average Bonchev–Trinajstić information content (AvgIpc) is 2.76. The summed E-state index contributed by atoms with van der Waals surface area (Å²) in [6.07, 6.45) is 0. The quantitative estimate of drug-likeness (QED) is 0.535. The van der Waals surface area contributed by atoms with Crippen LogP contribution in [0.4, 0.5) is 10.1 Å². The Morgan fingerprint density at radius 1 is 0.806 bits per heavy atom. The molecule has 4 nitrogen and oxygen atoms in total. The lowest BCUT2D eigenvalue weighted by molar-refractivity contribution is -0.131. The number of halogens is 1. The Bertz CT molecular complexity index is 972. The second-order valence-electron chi connectivity index (χ2n) is 8.09. The van der Waals surface area contributed by atoms with Crippen molar-refractivity contribution in [2.24, 2.45) is 0 Å². The largest absolute Gasteiger partial charge is 0.378 e. The number of nitrogens with zero attached hydrogens (tertiary/aromatic N) is 3. The maximum Gasteiger partial charge on any atom is 0.236 e. The first kappa shape index (κ1) is 22.5. The molecule has 0 saturated carbocycles. The van der Waals surface area contributed by atoms with Gasteiger partial charge in [0.1, 0.15) is 5.82 Å². The molecule has 162 valence electrons. The molecule has 3 rings (SSSR count). The van der Waals surface area contributed by atoms with Crippen LogP contribution in [0.15, 0.2) is 78.9 Å². The van der Waals surface area contributed by atoms with Crippen molar-refractivity contribution >= 4 is 11.6 Å². The van der Waals surface area contributed by atoms with Crippen molar-refractivity contribution in [3.8, 4) is 0 Å². The van der Waals surface area contributed by atoms with E-state index in [0.717, 1.165) is 22.4 Å². The van der Waals surface area contributed by atoms with Crippen LogP contribution in [-0.2, 0) is 11.3 Å². The van der Waals surface area contributed by atoms with Gasteiger partial charge in [0.05, 0.1) is 12.6 Å². The summed E-state index contributed by atoms with van der Waals surface area (Å²) in [7, 11) is 7.76. The highest BCUT2D eigenvalue weighted by Crippen LogP contribution is 2.27. The lowest BCUT2D eigenvalue weighted by Gasteiger charge is -2.30. The molecule has 0 aliphatic rings. The Kier molecular flexibility index (Phi) is 7.42. The Morgan fingerprint density at radius 2 is 1.39 bits per heavy atom. The van der Waals surface area contributed by atoms with Crippen LogP contribution in [0.2, 0.25) is 0 Å². The van der Waals surface area contributed by atoms with Crippen LogP contribution in [0.3, 0.4) is 0 Å². The molecule has 0 aliphatic heterocycles. The minimum Gasteiger partial charge on any atom is -0.378 e. The molecule has 1 amide bonds. The number of likely N-dealkylation sites (N-methyl/N-ethyl adjacent to an activating group) is 2. The van der Waals surface area contributed by atoms with E-state index in [4.69, 9.17) is 0 Å². The molecule has 0 saturated heterocycles. The number of rotatable bonds is 8. The van der Waals surface area contributed by atoms with Crippen LogP contribution < -0.4 is 4.90 Å². The van der Waals surface area contributed by atoms with Gasteiger partial charge in [-0.15, -0.1) is 0 Å². The van der Waals surface area contributed by atoms with Crippen molar-refractivity contribution in [1.82, 2.24) is 9.80 Å². The van der Waals surface area contributed by atoms with Crippen molar-refractivity contribution in [3.63, 3.8) is 0 Å². The zero-order valence-corrected chi connectivity index (χ0v) is 18.6. The highest BCUT2D eigenvalue weighted by atomic mass is 19.1. The molecule has 0 fully saturated rings. The summed E-state index contributed by atoms with van der Waals surface area (Å²) in [5.74, 6) is -0.239. The summed E-state index contributed by atoms with van der Waals surface area (Å²) in [5, 5.41) is 0. The van der Waals surface area contributed by atoms with E-state index in [-0.39, 0.29) is 24.3 Å². The first-order valence-electron chi connectivity index (χ1n) is 10.4. The lowest BCUT2D eigenvalue weighted by atomic mass is 9.97. The Hall–Kier alpha value is -3.18. The van der Waals surface area contributed by atoms with Gasteiger partial charge in [-0.25, -0.2) is 4.39 Å². The summed E-state index contributed by atoms with van der Waals surface area (Å²) >= 11 is 0. The standard InChI is InChI=1S/C26H30FN3O/c1-28(2)24-16-10-20(11-17-24)18-29(3)25(31)19-30(4)26(21-8-6-5-7-9-21)22-12-14-23(27)15-13-22/h5-17,26H,18-19H2,1-4H3. The third-order valence-corrected chi connectivity index (χ3v) is 5.42. The fourth-order valence-corrected chi connectivity index (χ4v) is 3.67. The molecule has 1 atom stereocenters. The van der Waals surface area contributed by atoms with E-state index in [1.165, 1.54) is 12.1 Å². The molecule has 0 N–H and O–H groups in total.